The van der Waals surface area contributed by atoms with Gasteiger partial charge in [0, 0.05) is 5.56 Å². The van der Waals surface area contributed by atoms with Crippen LogP contribution in [0, 0.1) is 5.92 Å². The Balaban J connectivity index is 2.94. The van der Waals surface area contributed by atoms with Crippen LogP contribution in [0.25, 0.3) is 0 Å². The van der Waals surface area contributed by atoms with E-state index in [0.29, 0.717) is 0 Å². The predicted octanol–water partition coefficient (Wildman–Crippen LogP) is 4.54. The van der Waals surface area contributed by atoms with E-state index >= 15 is 0 Å². The molecule has 0 bridgehead atoms. The van der Waals surface area contributed by atoms with Crippen molar-refractivity contribution in [2.75, 3.05) is 7.11 Å². The van der Waals surface area contributed by atoms with Gasteiger partial charge in [-0.05, 0) is 30.5 Å². The third kappa shape index (κ3) is 4.68. The molecule has 2 nitrogen and oxygen atoms in total. The highest BCUT2D eigenvalue weighted by atomic mass is 19.4. The Hall–Kier alpha value is -1.66. The number of esters is 1. The second-order valence-corrected chi connectivity index (χ2v) is 4.69. The molecule has 1 rings (SSSR count). The minimum Gasteiger partial charge on any atom is -0.465 e. The number of halogens is 5. The number of aryl methyl sites for hydroxylation is 1. The molecule has 0 saturated carbocycles. The van der Waals surface area contributed by atoms with Crippen LogP contribution in [0.1, 0.15) is 41.3 Å². The first-order valence-electron chi connectivity index (χ1n) is 6.22. The lowest BCUT2D eigenvalue weighted by atomic mass is 9.96. The quantitative estimate of drug-likeness (QED) is 0.589. The lowest BCUT2D eigenvalue weighted by molar-refractivity contribution is -0.170. The molecule has 0 aliphatic rings. The second-order valence-electron chi connectivity index (χ2n) is 4.69. The first-order chi connectivity index (χ1) is 9.66. The maximum absolute atomic E-state index is 13.0. The number of methoxy groups -OCH3 is 1. The highest BCUT2D eigenvalue weighted by Crippen LogP contribution is 2.31. The van der Waals surface area contributed by atoms with Crippen molar-refractivity contribution in [2.45, 2.75) is 32.4 Å². The summed E-state index contributed by atoms with van der Waals surface area (Å²) in [7, 11) is 1.11. The Bertz CT molecular complexity index is 497. The number of carbonyl (C=O) groups excluding carboxylic acids is 1. The van der Waals surface area contributed by atoms with Gasteiger partial charge in [0.15, 0.2) is 0 Å². The summed E-state index contributed by atoms with van der Waals surface area (Å²) in [6.45, 7) is 1.00. The lowest BCUT2D eigenvalue weighted by Crippen LogP contribution is -2.20. The minimum absolute atomic E-state index is 0.0552. The first kappa shape index (κ1) is 17.4. The van der Waals surface area contributed by atoms with Gasteiger partial charge in [-0.25, -0.2) is 13.6 Å². The number of hydrogen-bond acceptors (Lipinski definition) is 2. The van der Waals surface area contributed by atoms with Crippen LogP contribution >= 0.6 is 0 Å². The number of benzene rings is 1. The van der Waals surface area contributed by atoms with Crippen LogP contribution in [0.3, 0.4) is 0 Å². The van der Waals surface area contributed by atoms with E-state index in [-0.39, 0.29) is 24.0 Å². The topological polar surface area (TPSA) is 26.3 Å². The number of carbonyl (C=O) groups is 1. The summed E-state index contributed by atoms with van der Waals surface area (Å²) in [5.74, 6) is -2.35. The van der Waals surface area contributed by atoms with Crippen molar-refractivity contribution in [3.05, 3.63) is 34.9 Å². The van der Waals surface area contributed by atoms with Gasteiger partial charge in [-0.1, -0.05) is 13.0 Å². The Kier molecular flexibility index (Phi) is 5.69. The molecule has 1 atom stereocenters. The summed E-state index contributed by atoms with van der Waals surface area (Å²) in [5.41, 5.74) is -0.388. The molecule has 1 unspecified atom stereocenters. The zero-order valence-corrected chi connectivity index (χ0v) is 11.5. The monoisotopic (exact) mass is 310 g/mol. The second kappa shape index (κ2) is 6.87. The van der Waals surface area contributed by atoms with Crippen LogP contribution in [-0.4, -0.2) is 19.3 Å². The van der Waals surface area contributed by atoms with Crippen molar-refractivity contribution in [2.24, 2.45) is 5.92 Å². The van der Waals surface area contributed by atoms with E-state index < -0.39 is 30.1 Å². The van der Waals surface area contributed by atoms with E-state index in [2.05, 4.69) is 4.74 Å². The van der Waals surface area contributed by atoms with Crippen molar-refractivity contribution in [3.8, 4) is 0 Å². The molecular weight excluding hydrogens is 295 g/mol. The van der Waals surface area contributed by atoms with E-state index in [1.807, 2.05) is 0 Å². The van der Waals surface area contributed by atoms with Crippen LogP contribution in [0.4, 0.5) is 22.0 Å². The SMILES string of the molecule is COC(=O)c1ccc(CCC(C)C(F)(F)F)c(C(F)F)c1. The van der Waals surface area contributed by atoms with Gasteiger partial charge in [-0.15, -0.1) is 0 Å². The van der Waals surface area contributed by atoms with E-state index in [1.165, 1.54) is 12.1 Å². The van der Waals surface area contributed by atoms with Crippen molar-refractivity contribution in [1.82, 2.24) is 0 Å². The molecule has 118 valence electrons. The van der Waals surface area contributed by atoms with E-state index in [4.69, 9.17) is 0 Å². The van der Waals surface area contributed by atoms with Crippen LogP contribution in [0.2, 0.25) is 0 Å². The molecule has 0 spiro atoms. The number of hydrogen-bond donors (Lipinski definition) is 0. The highest BCUT2D eigenvalue weighted by molar-refractivity contribution is 5.89. The molecule has 0 heterocycles. The first-order valence-corrected chi connectivity index (χ1v) is 6.22. The molecule has 0 radical (unpaired) electrons. The summed E-state index contributed by atoms with van der Waals surface area (Å²) in [4.78, 5) is 11.3. The summed E-state index contributed by atoms with van der Waals surface area (Å²) < 4.78 is 67.6. The molecule has 0 saturated heterocycles. The van der Waals surface area contributed by atoms with Gasteiger partial charge >= 0.3 is 12.1 Å². The maximum atomic E-state index is 13.0. The Labute approximate surface area is 118 Å². The van der Waals surface area contributed by atoms with Gasteiger partial charge in [-0.3, -0.25) is 0 Å². The summed E-state index contributed by atoms with van der Waals surface area (Å²) in [5, 5.41) is 0. The van der Waals surface area contributed by atoms with Crippen molar-refractivity contribution in [1.29, 1.82) is 0 Å². The normalized spacial score (nSPS) is 13.3. The van der Waals surface area contributed by atoms with E-state index in [0.717, 1.165) is 20.1 Å². The summed E-state index contributed by atoms with van der Waals surface area (Å²) in [6.07, 6.45) is -7.65. The molecule has 1 aromatic rings. The minimum atomic E-state index is -4.35. The van der Waals surface area contributed by atoms with Crippen LogP contribution in [0.15, 0.2) is 18.2 Å². The number of ether oxygens (including phenoxy) is 1. The standard InChI is InChI=1S/C14H15F5O2/c1-8(14(17,18)19)3-4-9-5-6-10(13(20)21-2)7-11(9)12(15)16/h5-8,12H,3-4H2,1-2H3. The molecular formula is C14H15F5O2. The third-order valence-corrected chi connectivity index (χ3v) is 3.21. The molecule has 7 heteroatoms. The van der Waals surface area contributed by atoms with Crippen molar-refractivity contribution in [3.63, 3.8) is 0 Å². The molecule has 0 aliphatic heterocycles. The zero-order chi connectivity index (χ0) is 16.2. The molecule has 0 N–H and O–H groups in total. The van der Waals surface area contributed by atoms with Crippen LogP contribution in [-0.2, 0) is 11.2 Å². The van der Waals surface area contributed by atoms with Crippen LogP contribution in [0.5, 0.6) is 0 Å². The third-order valence-electron chi connectivity index (χ3n) is 3.21. The fourth-order valence-electron chi connectivity index (χ4n) is 1.81. The Morgan fingerprint density at radius 1 is 1.29 bits per heavy atom. The largest absolute Gasteiger partial charge is 0.465 e. The fraction of sp³-hybridized carbons (Fsp3) is 0.500. The predicted molar refractivity (Wildman–Crippen MR) is 66.3 cm³/mol. The fourth-order valence-corrected chi connectivity index (χ4v) is 1.81. The smallest absolute Gasteiger partial charge is 0.391 e. The van der Waals surface area contributed by atoms with Crippen LogP contribution < -0.4 is 0 Å². The Morgan fingerprint density at radius 3 is 2.38 bits per heavy atom. The molecule has 0 fully saturated rings. The highest BCUT2D eigenvalue weighted by Gasteiger charge is 2.35. The Morgan fingerprint density at radius 2 is 1.90 bits per heavy atom. The molecule has 21 heavy (non-hydrogen) atoms. The van der Waals surface area contributed by atoms with Gasteiger partial charge < -0.3 is 4.74 Å². The van der Waals surface area contributed by atoms with E-state index in [9.17, 15) is 26.7 Å². The molecule has 0 amide bonds. The summed E-state index contributed by atoms with van der Waals surface area (Å²) >= 11 is 0. The van der Waals surface area contributed by atoms with Gasteiger partial charge in [0.25, 0.3) is 6.43 Å². The van der Waals surface area contributed by atoms with Gasteiger partial charge in [0.05, 0.1) is 18.6 Å². The number of alkyl halides is 5. The average Bonchev–Trinajstić information content (AvgIpc) is 2.42. The van der Waals surface area contributed by atoms with Gasteiger partial charge in [0.2, 0.25) is 0 Å². The van der Waals surface area contributed by atoms with Crippen molar-refractivity contribution >= 4 is 5.97 Å². The van der Waals surface area contributed by atoms with E-state index in [1.54, 1.807) is 0 Å². The lowest BCUT2D eigenvalue weighted by Gasteiger charge is -2.16. The van der Waals surface area contributed by atoms with Gasteiger partial charge in [-0.2, -0.15) is 13.2 Å². The molecule has 1 aromatic carbocycles. The zero-order valence-electron chi connectivity index (χ0n) is 11.5. The maximum Gasteiger partial charge on any atom is 0.391 e. The van der Waals surface area contributed by atoms with Gasteiger partial charge in [0.1, 0.15) is 0 Å². The van der Waals surface area contributed by atoms with Crippen molar-refractivity contribution < 1.29 is 31.5 Å². The summed E-state index contributed by atoms with van der Waals surface area (Å²) in [6, 6.07) is 3.48. The average molecular weight is 310 g/mol. The number of rotatable bonds is 5. The molecule has 0 aliphatic carbocycles. The molecule has 0 aromatic heterocycles.